The van der Waals surface area contributed by atoms with E-state index < -0.39 is 33.8 Å². The first-order chi connectivity index (χ1) is 11.8. The van der Waals surface area contributed by atoms with E-state index in [0.717, 1.165) is 6.07 Å². The van der Waals surface area contributed by atoms with E-state index in [1.807, 2.05) is 0 Å². The largest absolute Gasteiger partial charge is 0.455 e. The summed E-state index contributed by atoms with van der Waals surface area (Å²) in [7, 11) is -3.37. The molecule has 0 amide bonds. The van der Waals surface area contributed by atoms with Crippen LogP contribution in [0.2, 0.25) is 5.02 Å². The summed E-state index contributed by atoms with van der Waals surface area (Å²) in [5.74, 6) is -2.08. The number of hydrogen-bond donors (Lipinski definition) is 1. The number of nitrogens with one attached hydrogen (secondary N) is 1. The topological polar surface area (TPSA) is 72.5 Å². The lowest BCUT2D eigenvalue weighted by molar-refractivity contribution is 0.0331. The van der Waals surface area contributed by atoms with E-state index >= 15 is 0 Å². The third kappa shape index (κ3) is 4.29. The second kappa shape index (κ2) is 7.01. The van der Waals surface area contributed by atoms with Gasteiger partial charge in [-0.3, -0.25) is 0 Å². The molecule has 25 heavy (non-hydrogen) atoms. The van der Waals surface area contributed by atoms with Crippen LogP contribution in [0.4, 0.5) is 10.1 Å². The molecule has 0 radical (unpaired) electrons. The Morgan fingerprint density at radius 1 is 1.12 bits per heavy atom. The average molecular weight is 384 g/mol. The van der Waals surface area contributed by atoms with Gasteiger partial charge in [0.1, 0.15) is 11.9 Å². The summed E-state index contributed by atoms with van der Waals surface area (Å²) >= 11 is 5.83. The molecule has 0 saturated carbocycles. The van der Waals surface area contributed by atoms with Crippen LogP contribution in [0.25, 0.3) is 0 Å². The maximum atomic E-state index is 13.7. The molecule has 0 spiro atoms. The van der Waals surface area contributed by atoms with Crippen molar-refractivity contribution in [2.45, 2.75) is 12.1 Å². The van der Waals surface area contributed by atoms with Crippen molar-refractivity contribution in [2.75, 3.05) is 16.8 Å². The Kier molecular flexibility index (Phi) is 4.96. The van der Waals surface area contributed by atoms with Crippen LogP contribution in [0, 0.1) is 5.82 Å². The van der Waals surface area contributed by atoms with Crippen LogP contribution < -0.4 is 5.32 Å². The summed E-state index contributed by atoms with van der Waals surface area (Å²) < 4.78 is 42.9. The summed E-state index contributed by atoms with van der Waals surface area (Å²) in [5, 5.41) is 3.58. The van der Waals surface area contributed by atoms with E-state index in [9.17, 15) is 17.6 Å². The maximum absolute atomic E-state index is 13.7. The Morgan fingerprint density at radius 3 is 2.48 bits per heavy atom. The van der Waals surface area contributed by atoms with Crippen molar-refractivity contribution < 1.29 is 22.3 Å². The number of halogens is 2. The second-order valence-electron chi connectivity index (χ2n) is 5.76. The fourth-order valence-corrected chi connectivity index (χ4v) is 4.56. The highest BCUT2D eigenvalue weighted by molar-refractivity contribution is 7.91. The number of carbonyl (C=O) groups excluding carboxylic acids is 1. The fraction of sp³-hybridized carbons (Fsp3) is 0.235. The van der Waals surface area contributed by atoms with E-state index in [2.05, 4.69) is 5.32 Å². The molecule has 132 valence electrons. The predicted molar refractivity (Wildman–Crippen MR) is 93.1 cm³/mol. The highest BCUT2D eigenvalue weighted by atomic mass is 35.5. The first kappa shape index (κ1) is 17.7. The number of anilines is 1. The molecule has 0 bridgehead atoms. The maximum Gasteiger partial charge on any atom is 0.341 e. The first-order valence-corrected chi connectivity index (χ1v) is 9.72. The third-order valence-corrected chi connectivity index (χ3v) is 5.80. The van der Waals surface area contributed by atoms with Gasteiger partial charge >= 0.3 is 5.97 Å². The van der Waals surface area contributed by atoms with Crippen molar-refractivity contribution in [2.24, 2.45) is 0 Å². The average Bonchev–Trinajstić information content (AvgIpc) is 2.83. The summed E-state index contributed by atoms with van der Waals surface area (Å²) in [5.41, 5.74) is 0.426. The smallest absolute Gasteiger partial charge is 0.341 e. The van der Waals surface area contributed by atoms with Crippen molar-refractivity contribution in [1.29, 1.82) is 0 Å². The molecule has 2 atom stereocenters. The van der Waals surface area contributed by atoms with Gasteiger partial charge in [-0.1, -0.05) is 23.7 Å². The molecule has 1 fully saturated rings. The SMILES string of the molecule is O=C(O[C@@H]1CS(=O)(=O)C[C@@H]1Nc1ccc(Cl)cc1)c1ccccc1F. The Labute approximate surface area is 149 Å². The molecule has 1 saturated heterocycles. The van der Waals surface area contributed by atoms with Gasteiger partial charge in [-0.05, 0) is 36.4 Å². The quantitative estimate of drug-likeness (QED) is 0.822. The fourth-order valence-electron chi connectivity index (χ4n) is 2.65. The van der Waals surface area contributed by atoms with Gasteiger partial charge in [-0.25, -0.2) is 17.6 Å². The predicted octanol–water partition coefficient (Wildman–Crippen LogP) is 2.91. The summed E-state index contributed by atoms with van der Waals surface area (Å²) in [6, 6.07) is 11.5. The van der Waals surface area contributed by atoms with E-state index in [4.69, 9.17) is 16.3 Å². The molecule has 0 aliphatic carbocycles. The molecule has 0 aromatic heterocycles. The molecule has 3 rings (SSSR count). The molecule has 1 aliphatic heterocycles. The lowest BCUT2D eigenvalue weighted by atomic mass is 10.2. The van der Waals surface area contributed by atoms with Crippen molar-refractivity contribution in [3.63, 3.8) is 0 Å². The van der Waals surface area contributed by atoms with Gasteiger partial charge in [0, 0.05) is 10.7 Å². The lowest BCUT2D eigenvalue weighted by Gasteiger charge is -2.21. The monoisotopic (exact) mass is 383 g/mol. The molecule has 1 N–H and O–H groups in total. The third-order valence-electron chi connectivity index (χ3n) is 3.85. The van der Waals surface area contributed by atoms with Gasteiger partial charge in [0.15, 0.2) is 9.84 Å². The summed E-state index contributed by atoms with van der Waals surface area (Å²) in [4.78, 5) is 12.2. The van der Waals surface area contributed by atoms with Crippen molar-refractivity contribution in [3.8, 4) is 0 Å². The van der Waals surface area contributed by atoms with Gasteiger partial charge in [0.25, 0.3) is 0 Å². The molecule has 0 unspecified atom stereocenters. The highest BCUT2D eigenvalue weighted by Crippen LogP contribution is 2.23. The van der Waals surface area contributed by atoms with Crippen LogP contribution in [0.15, 0.2) is 48.5 Å². The van der Waals surface area contributed by atoms with Gasteiger partial charge in [-0.15, -0.1) is 0 Å². The van der Waals surface area contributed by atoms with Gasteiger partial charge in [0.05, 0.1) is 23.1 Å². The molecule has 1 heterocycles. The van der Waals surface area contributed by atoms with Crippen molar-refractivity contribution in [1.82, 2.24) is 0 Å². The molecule has 2 aromatic carbocycles. The summed E-state index contributed by atoms with van der Waals surface area (Å²) in [6.45, 7) is 0. The minimum absolute atomic E-state index is 0.176. The van der Waals surface area contributed by atoms with Crippen LogP contribution in [0.1, 0.15) is 10.4 Å². The number of esters is 1. The Morgan fingerprint density at radius 2 is 1.80 bits per heavy atom. The molecular weight excluding hydrogens is 369 g/mol. The molecule has 1 aliphatic rings. The number of sulfone groups is 1. The van der Waals surface area contributed by atoms with Crippen LogP contribution in [0.3, 0.4) is 0 Å². The zero-order chi connectivity index (χ0) is 18.0. The normalized spacial score (nSPS) is 21.7. The Hall–Kier alpha value is -2.12. The Bertz CT molecular complexity index is 886. The van der Waals surface area contributed by atoms with Crippen LogP contribution in [0.5, 0.6) is 0 Å². The van der Waals surface area contributed by atoms with E-state index in [-0.39, 0.29) is 17.1 Å². The first-order valence-electron chi connectivity index (χ1n) is 7.52. The zero-order valence-electron chi connectivity index (χ0n) is 13.0. The van der Waals surface area contributed by atoms with Crippen molar-refractivity contribution in [3.05, 3.63) is 64.9 Å². The van der Waals surface area contributed by atoms with Gasteiger partial charge in [0.2, 0.25) is 0 Å². The molecule has 2 aromatic rings. The Balaban J connectivity index is 1.77. The lowest BCUT2D eigenvalue weighted by Crippen LogP contribution is -2.36. The minimum Gasteiger partial charge on any atom is -0.455 e. The van der Waals surface area contributed by atoms with Gasteiger partial charge in [-0.2, -0.15) is 0 Å². The molecule has 5 nitrogen and oxygen atoms in total. The van der Waals surface area contributed by atoms with E-state index in [0.29, 0.717) is 10.7 Å². The highest BCUT2D eigenvalue weighted by Gasteiger charge is 2.40. The number of benzene rings is 2. The number of ether oxygens (including phenoxy) is 1. The number of hydrogen-bond acceptors (Lipinski definition) is 5. The second-order valence-corrected chi connectivity index (χ2v) is 8.35. The zero-order valence-corrected chi connectivity index (χ0v) is 14.6. The van der Waals surface area contributed by atoms with E-state index in [1.165, 1.54) is 18.2 Å². The van der Waals surface area contributed by atoms with Gasteiger partial charge < -0.3 is 10.1 Å². The van der Waals surface area contributed by atoms with Crippen LogP contribution in [-0.2, 0) is 14.6 Å². The summed E-state index contributed by atoms with van der Waals surface area (Å²) in [6.07, 6.45) is -0.909. The van der Waals surface area contributed by atoms with Crippen LogP contribution in [-0.4, -0.2) is 38.0 Å². The molecule has 8 heteroatoms. The standard InChI is InChI=1S/C17H15ClFNO4S/c18-11-5-7-12(8-6-11)20-15-9-25(22,23)10-16(15)24-17(21)13-3-1-2-4-14(13)19/h1-8,15-16,20H,9-10H2/t15-,16+/m0/s1. The number of carbonyl (C=O) groups is 1. The van der Waals surface area contributed by atoms with E-state index in [1.54, 1.807) is 24.3 Å². The number of rotatable bonds is 4. The van der Waals surface area contributed by atoms with Crippen molar-refractivity contribution >= 4 is 33.1 Å². The molecular formula is C17H15ClFNO4S. The van der Waals surface area contributed by atoms with Crippen LogP contribution >= 0.6 is 11.6 Å². The minimum atomic E-state index is -3.37.